The lowest BCUT2D eigenvalue weighted by Crippen LogP contribution is -2.14. The maximum Gasteiger partial charge on any atom is 0.137 e. The Morgan fingerprint density at radius 1 is 1.25 bits per heavy atom. The predicted molar refractivity (Wildman–Crippen MR) is 72.4 cm³/mol. The van der Waals surface area contributed by atoms with E-state index in [-0.39, 0.29) is 6.42 Å². The lowest BCUT2D eigenvalue weighted by atomic mass is 10.0. The third-order valence-electron chi connectivity index (χ3n) is 2.93. The third kappa shape index (κ3) is 3.51. The van der Waals surface area contributed by atoms with E-state index in [4.69, 9.17) is 10.5 Å². The highest BCUT2D eigenvalue weighted by Gasteiger charge is 2.12. The summed E-state index contributed by atoms with van der Waals surface area (Å²) in [5.41, 5.74) is 7.17. The Kier molecular flexibility index (Phi) is 4.63. The minimum atomic E-state index is -0.597. The molecular formula is C15H16F2N2O. The summed E-state index contributed by atoms with van der Waals surface area (Å²) in [7, 11) is 0. The van der Waals surface area contributed by atoms with Crippen LogP contribution in [0, 0.1) is 11.6 Å². The van der Waals surface area contributed by atoms with Crippen LogP contribution in [-0.2, 0) is 6.42 Å². The minimum Gasteiger partial charge on any atom is -0.492 e. The summed E-state index contributed by atoms with van der Waals surface area (Å²) in [6.45, 7) is 2.41. The smallest absolute Gasteiger partial charge is 0.137 e. The fourth-order valence-electron chi connectivity index (χ4n) is 1.93. The first-order chi connectivity index (χ1) is 9.60. The minimum absolute atomic E-state index is 0.267. The summed E-state index contributed by atoms with van der Waals surface area (Å²) in [6.07, 6.45) is 3.48. The fraction of sp³-hybridized carbons (Fsp3) is 0.267. The van der Waals surface area contributed by atoms with E-state index in [1.165, 1.54) is 12.1 Å². The molecule has 0 aliphatic carbocycles. The molecule has 1 aromatic heterocycles. The number of rotatable bonds is 5. The van der Waals surface area contributed by atoms with Gasteiger partial charge in [0.1, 0.15) is 17.4 Å². The molecule has 0 saturated carbocycles. The summed E-state index contributed by atoms with van der Waals surface area (Å²) < 4.78 is 31.8. The largest absolute Gasteiger partial charge is 0.492 e. The van der Waals surface area contributed by atoms with E-state index in [9.17, 15) is 8.78 Å². The van der Waals surface area contributed by atoms with Gasteiger partial charge in [-0.1, -0.05) is 6.07 Å². The van der Waals surface area contributed by atoms with Crippen molar-refractivity contribution in [1.29, 1.82) is 0 Å². The summed E-state index contributed by atoms with van der Waals surface area (Å²) in [6, 6.07) is 4.84. The van der Waals surface area contributed by atoms with Gasteiger partial charge in [0.25, 0.3) is 0 Å². The highest BCUT2D eigenvalue weighted by molar-refractivity contribution is 5.28. The molecule has 2 rings (SSSR count). The van der Waals surface area contributed by atoms with E-state index >= 15 is 0 Å². The van der Waals surface area contributed by atoms with Crippen LogP contribution < -0.4 is 10.5 Å². The van der Waals surface area contributed by atoms with Gasteiger partial charge in [0.15, 0.2) is 0 Å². The van der Waals surface area contributed by atoms with E-state index < -0.39 is 17.7 Å². The first kappa shape index (κ1) is 14.4. The Hall–Kier alpha value is -2.01. The highest BCUT2D eigenvalue weighted by atomic mass is 19.1. The van der Waals surface area contributed by atoms with Crippen LogP contribution in [0.1, 0.15) is 24.1 Å². The summed E-state index contributed by atoms with van der Waals surface area (Å²) >= 11 is 0. The molecule has 106 valence electrons. The standard InChI is InChI=1S/C15H16F2N2O/c1-2-20-13-5-11(8-19-9-13)15(18)6-10-3-4-12(16)7-14(10)17/h3-5,7-9,15H,2,6,18H2,1H3. The number of ether oxygens (including phenoxy) is 1. The number of aromatic nitrogens is 1. The number of halogens is 2. The Bertz CT molecular complexity index is 590. The van der Waals surface area contributed by atoms with E-state index in [0.29, 0.717) is 17.9 Å². The molecule has 1 unspecified atom stereocenters. The second-order valence-corrected chi connectivity index (χ2v) is 4.43. The average Bonchev–Trinajstić information content (AvgIpc) is 2.42. The Labute approximate surface area is 116 Å². The molecule has 1 aromatic carbocycles. The van der Waals surface area contributed by atoms with Crippen LogP contribution in [0.4, 0.5) is 8.78 Å². The van der Waals surface area contributed by atoms with Crippen molar-refractivity contribution in [2.24, 2.45) is 5.73 Å². The van der Waals surface area contributed by atoms with Crippen molar-refractivity contribution in [2.45, 2.75) is 19.4 Å². The van der Waals surface area contributed by atoms with Gasteiger partial charge in [0, 0.05) is 18.3 Å². The first-order valence-electron chi connectivity index (χ1n) is 6.37. The number of pyridine rings is 1. The van der Waals surface area contributed by atoms with Gasteiger partial charge in [-0.25, -0.2) is 8.78 Å². The van der Waals surface area contributed by atoms with Crippen LogP contribution in [0.2, 0.25) is 0 Å². The van der Waals surface area contributed by atoms with E-state index in [1.54, 1.807) is 18.5 Å². The van der Waals surface area contributed by atoms with Crippen molar-refractivity contribution in [3.63, 3.8) is 0 Å². The van der Waals surface area contributed by atoms with Crippen molar-refractivity contribution in [3.05, 3.63) is 59.4 Å². The van der Waals surface area contributed by atoms with Gasteiger partial charge in [-0.2, -0.15) is 0 Å². The summed E-state index contributed by atoms with van der Waals surface area (Å²) in [5.74, 6) is -0.561. The Balaban J connectivity index is 2.15. The number of hydrogen-bond donors (Lipinski definition) is 1. The van der Waals surface area contributed by atoms with Crippen LogP contribution in [-0.4, -0.2) is 11.6 Å². The Morgan fingerprint density at radius 2 is 2.05 bits per heavy atom. The molecule has 0 saturated heterocycles. The van der Waals surface area contributed by atoms with Crippen molar-refractivity contribution in [3.8, 4) is 5.75 Å². The summed E-state index contributed by atoms with van der Waals surface area (Å²) in [5, 5.41) is 0. The van der Waals surface area contributed by atoms with E-state index in [2.05, 4.69) is 4.98 Å². The Morgan fingerprint density at radius 3 is 2.75 bits per heavy atom. The predicted octanol–water partition coefficient (Wildman–Crippen LogP) is 3.00. The normalized spacial score (nSPS) is 12.2. The molecule has 0 aliphatic heterocycles. The monoisotopic (exact) mass is 278 g/mol. The molecule has 0 bridgehead atoms. The van der Waals surface area contributed by atoms with Crippen molar-refractivity contribution < 1.29 is 13.5 Å². The number of hydrogen-bond acceptors (Lipinski definition) is 3. The SMILES string of the molecule is CCOc1cncc(C(N)Cc2ccc(F)cc2F)c1. The lowest BCUT2D eigenvalue weighted by Gasteiger charge is -2.13. The van der Waals surface area contributed by atoms with Gasteiger partial charge in [-0.05, 0) is 36.6 Å². The van der Waals surface area contributed by atoms with Gasteiger partial charge in [0.2, 0.25) is 0 Å². The molecule has 0 amide bonds. The molecule has 0 spiro atoms. The topological polar surface area (TPSA) is 48.1 Å². The van der Waals surface area contributed by atoms with Crippen molar-refractivity contribution >= 4 is 0 Å². The molecular weight excluding hydrogens is 262 g/mol. The van der Waals surface area contributed by atoms with Crippen molar-refractivity contribution in [2.75, 3.05) is 6.61 Å². The number of nitrogens with zero attached hydrogens (tertiary/aromatic N) is 1. The van der Waals surface area contributed by atoms with E-state index in [0.717, 1.165) is 11.6 Å². The molecule has 20 heavy (non-hydrogen) atoms. The van der Waals surface area contributed by atoms with Crippen molar-refractivity contribution in [1.82, 2.24) is 4.98 Å². The third-order valence-corrected chi connectivity index (χ3v) is 2.93. The summed E-state index contributed by atoms with van der Waals surface area (Å²) in [4.78, 5) is 4.04. The highest BCUT2D eigenvalue weighted by Crippen LogP contribution is 2.21. The molecule has 0 fully saturated rings. The lowest BCUT2D eigenvalue weighted by molar-refractivity contribution is 0.338. The maximum absolute atomic E-state index is 13.6. The zero-order chi connectivity index (χ0) is 14.5. The van der Waals surface area contributed by atoms with Gasteiger partial charge in [-0.3, -0.25) is 4.98 Å². The molecule has 1 atom stereocenters. The average molecular weight is 278 g/mol. The number of nitrogens with two attached hydrogens (primary N) is 1. The molecule has 1 heterocycles. The molecule has 2 N–H and O–H groups in total. The number of benzene rings is 1. The van der Waals surface area contributed by atoms with Crippen LogP contribution in [0.5, 0.6) is 5.75 Å². The quantitative estimate of drug-likeness (QED) is 0.914. The second-order valence-electron chi connectivity index (χ2n) is 4.43. The van der Waals surface area contributed by atoms with E-state index in [1.807, 2.05) is 6.92 Å². The molecule has 3 nitrogen and oxygen atoms in total. The first-order valence-corrected chi connectivity index (χ1v) is 6.37. The van der Waals surface area contributed by atoms with Gasteiger partial charge in [0.05, 0.1) is 12.8 Å². The zero-order valence-electron chi connectivity index (χ0n) is 11.1. The van der Waals surface area contributed by atoms with Crippen LogP contribution in [0.3, 0.4) is 0 Å². The van der Waals surface area contributed by atoms with Gasteiger partial charge < -0.3 is 10.5 Å². The van der Waals surface area contributed by atoms with Crippen LogP contribution in [0.25, 0.3) is 0 Å². The molecule has 0 aliphatic rings. The van der Waals surface area contributed by atoms with Crippen LogP contribution >= 0.6 is 0 Å². The zero-order valence-corrected chi connectivity index (χ0v) is 11.1. The van der Waals surface area contributed by atoms with Gasteiger partial charge >= 0.3 is 0 Å². The van der Waals surface area contributed by atoms with Gasteiger partial charge in [-0.15, -0.1) is 0 Å². The molecule has 0 radical (unpaired) electrons. The second kappa shape index (κ2) is 6.43. The molecule has 2 aromatic rings. The molecule has 5 heteroatoms. The maximum atomic E-state index is 13.6. The van der Waals surface area contributed by atoms with Crippen LogP contribution in [0.15, 0.2) is 36.7 Å². The fourth-order valence-corrected chi connectivity index (χ4v) is 1.93.